The molecule has 1 aromatic rings. The van der Waals surface area contributed by atoms with Gasteiger partial charge in [-0.3, -0.25) is 4.79 Å². The summed E-state index contributed by atoms with van der Waals surface area (Å²) in [6.07, 6.45) is 1.91. The molecule has 3 nitrogen and oxygen atoms in total. The van der Waals surface area contributed by atoms with E-state index < -0.39 is 0 Å². The first-order chi connectivity index (χ1) is 7.75. The minimum atomic E-state index is -0.334. The highest BCUT2D eigenvalue weighted by Crippen LogP contribution is 2.14. The van der Waals surface area contributed by atoms with Crippen molar-refractivity contribution in [2.45, 2.75) is 12.8 Å². The fraction of sp³-hybridized carbons (Fsp3) is 0.417. The van der Waals surface area contributed by atoms with Crippen LogP contribution in [0.15, 0.2) is 24.3 Å². The van der Waals surface area contributed by atoms with Gasteiger partial charge in [-0.15, -0.1) is 0 Å². The molecule has 1 heterocycles. The molecular weight excluding hydrogens is 207 g/mol. The molecule has 1 aliphatic heterocycles. The van der Waals surface area contributed by atoms with Crippen molar-refractivity contribution in [1.29, 1.82) is 0 Å². The van der Waals surface area contributed by atoms with Crippen molar-refractivity contribution in [2.24, 2.45) is 5.92 Å². The van der Waals surface area contributed by atoms with E-state index in [2.05, 4.69) is 10.6 Å². The minimum absolute atomic E-state index is 0.00276. The van der Waals surface area contributed by atoms with Gasteiger partial charge in [-0.2, -0.15) is 0 Å². The molecule has 0 radical (unpaired) electrons. The predicted molar refractivity (Wildman–Crippen MR) is 60.6 cm³/mol. The third-order valence-electron chi connectivity index (χ3n) is 2.76. The summed E-state index contributed by atoms with van der Waals surface area (Å²) >= 11 is 0. The lowest BCUT2D eigenvalue weighted by molar-refractivity contribution is -0.120. The summed E-state index contributed by atoms with van der Waals surface area (Å²) in [4.78, 5) is 11.8. The Bertz CT molecular complexity index is 375. The molecule has 16 heavy (non-hydrogen) atoms. The maximum atomic E-state index is 12.9. The Morgan fingerprint density at radius 1 is 1.50 bits per heavy atom. The smallest absolute Gasteiger partial charge is 0.228 e. The summed E-state index contributed by atoms with van der Waals surface area (Å²) in [6.45, 7) is 1.69. The molecule has 0 aliphatic carbocycles. The Morgan fingerprint density at radius 3 is 3.06 bits per heavy atom. The standard InChI is InChI=1S/C12H15FN2O/c13-10-4-1-5-11(7-10)15-12(16)9-3-2-6-14-8-9/h1,4-5,7,9,14H,2-3,6,8H2,(H,15,16)/t9-/m0/s1. The van der Waals surface area contributed by atoms with Crippen molar-refractivity contribution < 1.29 is 9.18 Å². The van der Waals surface area contributed by atoms with Gasteiger partial charge in [0, 0.05) is 12.2 Å². The van der Waals surface area contributed by atoms with E-state index in [-0.39, 0.29) is 17.6 Å². The number of halogens is 1. The SMILES string of the molecule is O=C(Nc1cccc(F)c1)[C@H]1CCCNC1. The van der Waals surface area contributed by atoms with Crippen LogP contribution in [0.1, 0.15) is 12.8 Å². The van der Waals surface area contributed by atoms with Gasteiger partial charge in [0.1, 0.15) is 5.82 Å². The first-order valence-electron chi connectivity index (χ1n) is 5.53. The minimum Gasteiger partial charge on any atom is -0.326 e. The average Bonchev–Trinajstić information content (AvgIpc) is 2.30. The van der Waals surface area contributed by atoms with Crippen LogP contribution < -0.4 is 10.6 Å². The number of rotatable bonds is 2. The van der Waals surface area contributed by atoms with Crippen LogP contribution in [0.3, 0.4) is 0 Å². The quantitative estimate of drug-likeness (QED) is 0.800. The zero-order chi connectivity index (χ0) is 11.4. The first kappa shape index (κ1) is 11.1. The van der Waals surface area contributed by atoms with Gasteiger partial charge in [0.15, 0.2) is 0 Å². The molecule has 2 N–H and O–H groups in total. The predicted octanol–water partition coefficient (Wildman–Crippen LogP) is 1.76. The summed E-state index contributed by atoms with van der Waals surface area (Å²) in [5.41, 5.74) is 0.524. The highest BCUT2D eigenvalue weighted by atomic mass is 19.1. The van der Waals surface area contributed by atoms with Crippen LogP contribution in [-0.4, -0.2) is 19.0 Å². The van der Waals surface area contributed by atoms with E-state index in [0.717, 1.165) is 19.4 Å². The number of piperidine rings is 1. The van der Waals surface area contributed by atoms with Gasteiger partial charge >= 0.3 is 0 Å². The summed E-state index contributed by atoms with van der Waals surface area (Å²) < 4.78 is 12.9. The summed E-state index contributed by atoms with van der Waals surface area (Å²) in [7, 11) is 0. The maximum absolute atomic E-state index is 12.9. The van der Waals surface area contributed by atoms with Gasteiger partial charge in [-0.05, 0) is 37.6 Å². The number of carbonyl (C=O) groups excluding carboxylic acids is 1. The second kappa shape index (κ2) is 5.07. The molecule has 0 saturated carbocycles. The van der Waals surface area contributed by atoms with E-state index in [4.69, 9.17) is 0 Å². The highest BCUT2D eigenvalue weighted by molar-refractivity contribution is 5.92. The van der Waals surface area contributed by atoms with E-state index in [0.29, 0.717) is 12.2 Å². The molecule has 1 amide bonds. The fourth-order valence-electron chi connectivity index (χ4n) is 1.89. The molecule has 1 atom stereocenters. The van der Waals surface area contributed by atoms with Crippen LogP contribution in [0.4, 0.5) is 10.1 Å². The molecule has 1 fully saturated rings. The zero-order valence-corrected chi connectivity index (χ0v) is 9.00. The van der Waals surface area contributed by atoms with Gasteiger partial charge < -0.3 is 10.6 Å². The molecule has 1 saturated heterocycles. The lowest BCUT2D eigenvalue weighted by Gasteiger charge is -2.21. The molecule has 0 unspecified atom stereocenters. The third-order valence-corrected chi connectivity index (χ3v) is 2.76. The number of amides is 1. The molecule has 1 aromatic carbocycles. The fourth-order valence-corrected chi connectivity index (χ4v) is 1.89. The molecule has 4 heteroatoms. The van der Waals surface area contributed by atoms with Crippen molar-refractivity contribution in [3.8, 4) is 0 Å². The second-order valence-electron chi connectivity index (χ2n) is 4.04. The van der Waals surface area contributed by atoms with Gasteiger partial charge in [-0.1, -0.05) is 6.07 Å². The van der Waals surface area contributed by atoms with Gasteiger partial charge in [-0.25, -0.2) is 4.39 Å². The summed E-state index contributed by atoms with van der Waals surface area (Å²) in [6, 6.07) is 5.97. The summed E-state index contributed by atoms with van der Waals surface area (Å²) in [5, 5.41) is 5.91. The molecule has 1 aliphatic rings. The number of anilines is 1. The van der Waals surface area contributed by atoms with Crippen LogP contribution in [0.2, 0.25) is 0 Å². The van der Waals surface area contributed by atoms with Crippen LogP contribution in [-0.2, 0) is 4.79 Å². The number of nitrogens with one attached hydrogen (secondary N) is 2. The number of benzene rings is 1. The highest BCUT2D eigenvalue weighted by Gasteiger charge is 2.20. The third kappa shape index (κ3) is 2.79. The first-order valence-corrected chi connectivity index (χ1v) is 5.53. The Kier molecular flexibility index (Phi) is 3.51. The topological polar surface area (TPSA) is 41.1 Å². The number of hydrogen-bond acceptors (Lipinski definition) is 2. The number of carbonyl (C=O) groups is 1. The van der Waals surface area contributed by atoms with Gasteiger partial charge in [0.2, 0.25) is 5.91 Å². The Hall–Kier alpha value is -1.42. The van der Waals surface area contributed by atoms with Crippen LogP contribution >= 0.6 is 0 Å². The lowest BCUT2D eigenvalue weighted by atomic mass is 9.99. The second-order valence-corrected chi connectivity index (χ2v) is 4.04. The van der Waals surface area contributed by atoms with E-state index in [1.165, 1.54) is 12.1 Å². The normalized spacial score (nSPS) is 20.4. The van der Waals surface area contributed by atoms with Crippen LogP contribution in [0.5, 0.6) is 0 Å². The van der Waals surface area contributed by atoms with Crippen molar-refractivity contribution >= 4 is 11.6 Å². The molecular formula is C12H15FN2O. The van der Waals surface area contributed by atoms with Crippen molar-refractivity contribution in [1.82, 2.24) is 5.32 Å². The van der Waals surface area contributed by atoms with E-state index in [9.17, 15) is 9.18 Å². The maximum Gasteiger partial charge on any atom is 0.228 e. The van der Waals surface area contributed by atoms with Gasteiger partial charge in [0.25, 0.3) is 0 Å². The Morgan fingerprint density at radius 2 is 2.38 bits per heavy atom. The zero-order valence-electron chi connectivity index (χ0n) is 9.00. The molecule has 2 rings (SSSR count). The van der Waals surface area contributed by atoms with Crippen molar-refractivity contribution in [3.05, 3.63) is 30.1 Å². The van der Waals surface area contributed by atoms with E-state index in [1.54, 1.807) is 12.1 Å². The van der Waals surface area contributed by atoms with E-state index in [1.807, 2.05) is 0 Å². The van der Waals surface area contributed by atoms with Gasteiger partial charge in [0.05, 0.1) is 5.92 Å². The molecule has 0 aromatic heterocycles. The largest absolute Gasteiger partial charge is 0.326 e. The Labute approximate surface area is 94.0 Å². The molecule has 86 valence electrons. The lowest BCUT2D eigenvalue weighted by Crippen LogP contribution is -2.37. The Balaban J connectivity index is 1.96. The van der Waals surface area contributed by atoms with Crippen LogP contribution in [0, 0.1) is 11.7 Å². The van der Waals surface area contributed by atoms with E-state index >= 15 is 0 Å². The number of hydrogen-bond donors (Lipinski definition) is 2. The van der Waals surface area contributed by atoms with Crippen molar-refractivity contribution in [3.63, 3.8) is 0 Å². The molecule has 0 spiro atoms. The molecule has 0 bridgehead atoms. The summed E-state index contributed by atoms with van der Waals surface area (Å²) in [5.74, 6) is -0.366. The average molecular weight is 222 g/mol. The van der Waals surface area contributed by atoms with Crippen LogP contribution in [0.25, 0.3) is 0 Å². The monoisotopic (exact) mass is 222 g/mol. The van der Waals surface area contributed by atoms with Crippen molar-refractivity contribution in [2.75, 3.05) is 18.4 Å².